The van der Waals surface area contributed by atoms with E-state index in [4.69, 9.17) is 23.2 Å². The number of rotatable bonds is 3. The van der Waals surface area contributed by atoms with Crippen LogP contribution in [-0.2, 0) is 14.3 Å². The van der Waals surface area contributed by atoms with Gasteiger partial charge in [-0.25, -0.2) is 14.6 Å². The molecule has 1 aromatic heterocycles. The second-order valence-electron chi connectivity index (χ2n) is 6.86. The molecule has 178 valence electrons. The van der Waals surface area contributed by atoms with Crippen molar-refractivity contribution in [1.29, 1.82) is 0 Å². The monoisotopic (exact) mass is 539 g/mol. The van der Waals surface area contributed by atoms with E-state index in [1.807, 2.05) is 0 Å². The van der Waals surface area contributed by atoms with Crippen molar-refractivity contribution in [2.24, 2.45) is 4.99 Å². The number of thioether (sulfide) groups is 1. The lowest BCUT2D eigenvalue weighted by molar-refractivity contribution is -0.193. The van der Waals surface area contributed by atoms with Gasteiger partial charge in [0.1, 0.15) is 5.69 Å². The summed E-state index contributed by atoms with van der Waals surface area (Å²) in [6.07, 6.45) is -2.65. The molecule has 0 spiro atoms. The molecular weight excluding hydrogens is 530 g/mol. The van der Waals surface area contributed by atoms with Crippen molar-refractivity contribution < 1.29 is 32.3 Å². The number of amidine groups is 1. The van der Waals surface area contributed by atoms with Gasteiger partial charge in [0.2, 0.25) is 0 Å². The Labute approximate surface area is 209 Å². The van der Waals surface area contributed by atoms with Crippen LogP contribution >= 0.6 is 35.0 Å². The standard InChI is InChI=1S/C22H10Cl2F3N3O4S/c23-13-2-1-3-14(24)17(13)29-21-30-18(31)16(35-21)9-10-4-5-15-12(8-10)11(6-7-28-15)19(32)34-20(33)22(25,26)27/h1-9H,(H,29,30,31). The van der Waals surface area contributed by atoms with Gasteiger partial charge in [0, 0.05) is 11.6 Å². The Bertz CT molecular complexity index is 1440. The second-order valence-corrected chi connectivity index (χ2v) is 8.71. The van der Waals surface area contributed by atoms with Crippen LogP contribution < -0.4 is 5.32 Å². The molecule has 1 amide bonds. The molecular formula is C22H10Cl2F3N3O4S. The van der Waals surface area contributed by atoms with Gasteiger partial charge in [0.05, 0.1) is 26.0 Å². The fraction of sp³-hybridized carbons (Fsp3) is 0.0455. The Kier molecular flexibility index (Phi) is 6.84. The number of alkyl halides is 3. The van der Waals surface area contributed by atoms with Crippen LogP contribution in [0.4, 0.5) is 18.9 Å². The summed E-state index contributed by atoms with van der Waals surface area (Å²) in [5, 5.41) is 3.53. The van der Waals surface area contributed by atoms with Crippen LogP contribution in [0.3, 0.4) is 0 Å². The Hall–Kier alpha value is -3.41. The number of amides is 1. The van der Waals surface area contributed by atoms with Gasteiger partial charge in [0.15, 0.2) is 5.17 Å². The number of ether oxygens (including phenoxy) is 1. The van der Waals surface area contributed by atoms with Gasteiger partial charge in [-0.05, 0) is 53.7 Å². The number of hydrogen-bond donors (Lipinski definition) is 1. The Morgan fingerprint density at radius 3 is 2.51 bits per heavy atom. The van der Waals surface area contributed by atoms with Gasteiger partial charge < -0.3 is 10.1 Å². The summed E-state index contributed by atoms with van der Waals surface area (Å²) in [5.74, 6) is -4.57. The van der Waals surface area contributed by atoms with Gasteiger partial charge in [-0.3, -0.25) is 9.78 Å². The number of halogens is 5. The molecule has 2 heterocycles. The van der Waals surface area contributed by atoms with E-state index in [1.54, 1.807) is 24.3 Å². The minimum absolute atomic E-state index is 0.127. The summed E-state index contributed by atoms with van der Waals surface area (Å²) in [6, 6.07) is 10.5. The van der Waals surface area contributed by atoms with Crippen LogP contribution in [-0.4, -0.2) is 34.2 Å². The molecule has 0 atom stereocenters. The molecule has 1 aliphatic rings. The summed E-state index contributed by atoms with van der Waals surface area (Å²) in [4.78, 5) is 44.3. The molecule has 1 fully saturated rings. The third kappa shape index (κ3) is 5.47. The lowest BCUT2D eigenvalue weighted by Gasteiger charge is -2.08. The summed E-state index contributed by atoms with van der Waals surface area (Å²) < 4.78 is 41.3. The van der Waals surface area contributed by atoms with Crippen LogP contribution in [0.5, 0.6) is 0 Å². The molecule has 1 saturated heterocycles. The number of para-hydroxylation sites is 1. The largest absolute Gasteiger partial charge is 0.491 e. The van der Waals surface area contributed by atoms with Crippen LogP contribution in [0.25, 0.3) is 17.0 Å². The molecule has 0 saturated carbocycles. The van der Waals surface area contributed by atoms with E-state index in [9.17, 15) is 27.6 Å². The van der Waals surface area contributed by atoms with E-state index in [-0.39, 0.29) is 32.2 Å². The number of aliphatic imine (C=N–C) groups is 1. The number of pyridine rings is 1. The molecule has 13 heteroatoms. The second kappa shape index (κ2) is 9.68. The van der Waals surface area contributed by atoms with Crippen LogP contribution in [0, 0.1) is 0 Å². The summed E-state index contributed by atoms with van der Waals surface area (Å²) in [6.45, 7) is 0. The van der Waals surface area contributed by atoms with Gasteiger partial charge in [-0.1, -0.05) is 35.3 Å². The van der Waals surface area contributed by atoms with Crippen LogP contribution in [0.15, 0.2) is 58.6 Å². The number of benzene rings is 2. The first-order valence-electron chi connectivity index (χ1n) is 9.48. The average molecular weight is 540 g/mol. The topological polar surface area (TPSA) is 97.7 Å². The number of aromatic nitrogens is 1. The summed E-state index contributed by atoms with van der Waals surface area (Å²) in [5.41, 5.74) is 0.678. The van der Waals surface area contributed by atoms with Gasteiger partial charge in [-0.2, -0.15) is 13.2 Å². The minimum Gasteiger partial charge on any atom is -0.383 e. The number of nitrogens with one attached hydrogen (secondary N) is 1. The van der Waals surface area contributed by atoms with Crippen molar-refractivity contribution in [2.75, 3.05) is 0 Å². The number of nitrogens with zero attached hydrogens (tertiary/aromatic N) is 2. The molecule has 35 heavy (non-hydrogen) atoms. The van der Waals surface area contributed by atoms with Gasteiger partial charge in [-0.15, -0.1) is 0 Å². The van der Waals surface area contributed by atoms with Gasteiger partial charge in [0.25, 0.3) is 5.91 Å². The number of esters is 2. The minimum atomic E-state index is -5.32. The zero-order valence-electron chi connectivity index (χ0n) is 17.0. The fourth-order valence-corrected chi connectivity index (χ4v) is 4.27. The summed E-state index contributed by atoms with van der Waals surface area (Å²) >= 11 is 13.2. The number of carbonyl (C=O) groups is 3. The molecule has 0 bridgehead atoms. The maximum atomic E-state index is 12.5. The van der Waals surface area contributed by atoms with E-state index in [0.717, 1.165) is 17.8 Å². The van der Waals surface area contributed by atoms with Crippen molar-refractivity contribution >= 4 is 80.6 Å². The van der Waals surface area contributed by atoms with Crippen LogP contribution in [0.2, 0.25) is 10.0 Å². The fourth-order valence-electron chi connectivity index (χ4n) is 2.96. The van der Waals surface area contributed by atoms with Crippen molar-refractivity contribution in [3.8, 4) is 0 Å². The van der Waals surface area contributed by atoms with Gasteiger partial charge >= 0.3 is 18.1 Å². The predicted octanol–water partition coefficient (Wildman–Crippen LogP) is 5.68. The zero-order chi connectivity index (χ0) is 25.3. The molecule has 7 nitrogen and oxygen atoms in total. The molecule has 0 aliphatic carbocycles. The summed E-state index contributed by atoms with van der Waals surface area (Å²) in [7, 11) is 0. The van der Waals surface area contributed by atoms with Crippen molar-refractivity contribution in [1.82, 2.24) is 10.3 Å². The first kappa shape index (κ1) is 24.7. The van der Waals surface area contributed by atoms with E-state index in [0.29, 0.717) is 15.6 Å². The van der Waals surface area contributed by atoms with E-state index < -0.39 is 24.0 Å². The number of fused-ring (bicyclic) bond motifs is 1. The molecule has 3 aromatic rings. The van der Waals surface area contributed by atoms with Crippen molar-refractivity contribution in [3.05, 3.63) is 74.7 Å². The maximum Gasteiger partial charge on any atom is 0.491 e. The average Bonchev–Trinajstić information content (AvgIpc) is 3.13. The highest BCUT2D eigenvalue weighted by Gasteiger charge is 2.42. The van der Waals surface area contributed by atoms with E-state index >= 15 is 0 Å². The smallest absolute Gasteiger partial charge is 0.383 e. The highest BCUT2D eigenvalue weighted by Crippen LogP contribution is 2.36. The third-order valence-corrected chi connectivity index (χ3v) is 6.02. The Morgan fingerprint density at radius 1 is 1.11 bits per heavy atom. The molecule has 1 aliphatic heterocycles. The lowest BCUT2D eigenvalue weighted by atomic mass is 10.1. The Balaban J connectivity index is 1.64. The third-order valence-electron chi connectivity index (χ3n) is 4.50. The number of carbonyl (C=O) groups excluding carboxylic acids is 3. The van der Waals surface area contributed by atoms with E-state index in [1.165, 1.54) is 24.4 Å². The zero-order valence-corrected chi connectivity index (χ0v) is 19.3. The van der Waals surface area contributed by atoms with Crippen LogP contribution in [0.1, 0.15) is 15.9 Å². The molecule has 2 aromatic carbocycles. The number of hydrogen-bond acceptors (Lipinski definition) is 7. The highest BCUT2D eigenvalue weighted by atomic mass is 35.5. The SMILES string of the molecule is O=C1NC(=Nc2c(Cl)cccc2Cl)SC1=Cc1ccc2nccc(C(=O)OC(=O)C(F)(F)F)c2c1. The molecule has 0 radical (unpaired) electrons. The van der Waals surface area contributed by atoms with Crippen molar-refractivity contribution in [2.45, 2.75) is 6.18 Å². The normalized spacial score (nSPS) is 16.1. The first-order chi connectivity index (χ1) is 16.5. The van der Waals surface area contributed by atoms with E-state index in [2.05, 4.69) is 20.0 Å². The highest BCUT2D eigenvalue weighted by molar-refractivity contribution is 8.18. The maximum absolute atomic E-state index is 12.5. The quantitative estimate of drug-likeness (QED) is 0.261. The lowest BCUT2D eigenvalue weighted by Crippen LogP contribution is -2.28. The molecule has 0 unspecified atom stereocenters. The molecule has 4 rings (SSSR count). The Morgan fingerprint density at radius 2 is 1.83 bits per heavy atom. The first-order valence-corrected chi connectivity index (χ1v) is 11.1. The predicted molar refractivity (Wildman–Crippen MR) is 125 cm³/mol. The van der Waals surface area contributed by atoms with Crippen molar-refractivity contribution in [3.63, 3.8) is 0 Å². The molecule has 1 N–H and O–H groups in total.